The van der Waals surface area contributed by atoms with Gasteiger partial charge in [0, 0.05) is 19.7 Å². The quantitative estimate of drug-likeness (QED) is 0.676. The van der Waals surface area contributed by atoms with Crippen LogP contribution in [-0.2, 0) is 4.74 Å². The third kappa shape index (κ3) is 8.04. The highest BCUT2D eigenvalue weighted by atomic mass is 16.5. The molecule has 0 spiro atoms. The molecule has 0 aromatic heterocycles. The summed E-state index contributed by atoms with van der Waals surface area (Å²) in [5.41, 5.74) is 1.24. The molecule has 100 valence electrons. The average molecular weight is 247 g/mol. The van der Waals surface area contributed by atoms with E-state index in [-0.39, 0.29) is 0 Å². The van der Waals surface area contributed by atoms with Crippen LogP contribution in [0.3, 0.4) is 0 Å². The SMILES string of the molecule is CC(C)CCOCCNCC=Cc1ccccc1. The Morgan fingerprint density at radius 1 is 1.17 bits per heavy atom. The van der Waals surface area contributed by atoms with E-state index >= 15 is 0 Å². The Labute approximate surface area is 111 Å². The smallest absolute Gasteiger partial charge is 0.0591 e. The molecule has 0 fully saturated rings. The summed E-state index contributed by atoms with van der Waals surface area (Å²) in [6, 6.07) is 10.3. The minimum atomic E-state index is 0.728. The largest absolute Gasteiger partial charge is 0.380 e. The van der Waals surface area contributed by atoms with Crippen LogP contribution in [0.25, 0.3) is 6.08 Å². The Hall–Kier alpha value is -1.12. The first-order valence-electron chi connectivity index (χ1n) is 6.79. The zero-order valence-electron chi connectivity index (χ0n) is 11.6. The molecule has 0 heterocycles. The third-order valence-corrected chi connectivity index (χ3v) is 2.63. The molecule has 2 heteroatoms. The molecule has 0 radical (unpaired) electrons. The molecule has 2 nitrogen and oxygen atoms in total. The van der Waals surface area contributed by atoms with E-state index < -0.39 is 0 Å². The van der Waals surface area contributed by atoms with Gasteiger partial charge in [0.2, 0.25) is 0 Å². The normalized spacial score (nSPS) is 11.5. The fraction of sp³-hybridized carbons (Fsp3) is 0.500. The van der Waals surface area contributed by atoms with E-state index in [1.54, 1.807) is 0 Å². The second kappa shape index (κ2) is 9.86. The van der Waals surface area contributed by atoms with Gasteiger partial charge in [-0.3, -0.25) is 0 Å². The predicted octanol–water partition coefficient (Wildman–Crippen LogP) is 3.35. The van der Waals surface area contributed by atoms with Crippen molar-refractivity contribution in [2.75, 3.05) is 26.3 Å². The maximum absolute atomic E-state index is 5.52. The highest BCUT2D eigenvalue weighted by Gasteiger charge is 1.93. The van der Waals surface area contributed by atoms with E-state index in [1.807, 2.05) is 6.07 Å². The molecule has 0 amide bonds. The van der Waals surface area contributed by atoms with Crippen molar-refractivity contribution >= 4 is 6.08 Å². The summed E-state index contributed by atoms with van der Waals surface area (Å²) >= 11 is 0. The second-order valence-corrected chi connectivity index (χ2v) is 4.81. The molecule has 0 bridgehead atoms. The Kier molecular flexibility index (Phi) is 8.19. The topological polar surface area (TPSA) is 21.3 Å². The van der Waals surface area contributed by atoms with E-state index in [1.165, 1.54) is 5.56 Å². The zero-order valence-corrected chi connectivity index (χ0v) is 11.6. The number of rotatable bonds is 9. The van der Waals surface area contributed by atoms with E-state index in [4.69, 9.17) is 4.74 Å². The lowest BCUT2D eigenvalue weighted by Crippen LogP contribution is -2.20. The summed E-state index contributed by atoms with van der Waals surface area (Å²) in [5, 5.41) is 3.33. The Balaban J connectivity index is 1.94. The summed E-state index contributed by atoms with van der Waals surface area (Å²) in [7, 11) is 0. The van der Waals surface area contributed by atoms with Crippen molar-refractivity contribution in [1.82, 2.24) is 5.32 Å². The van der Waals surface area contributed by atoms with Crippen molar-refractivity contribution in [3.63, 3.8) is 0 Å². The molecule has 1 aromatic carbocycles. The van der Waals surface area contributed by atoms with Gasteiger partial charge in [-0.1, -0.05) is 56.3 Å². The van der Waals surface area contributed by atoms with Crippen LogP contribution in [0.2, 0.25) is 0 Å². The van der Waals surface area contributed by atoms with E-state index in [9.17, 15) is 0 Å². The molecule has 18 heavy (non-hydrogen) atoms. The van der Waals surface area contributed by atoms with Crippen LogP contribution in [0.5, 0.6) is 0 Å². The van der Waals surface area contributed by atoms with Crippen LogP contribution in [0.15, 0.2) is 36.4 Å². The number of nitrogens with one attached hydrogen (secondary N) is 1. The maximum atomic E-state index is 5.52. The van der Waals surface area contributed by atoms with Gasteiger partial charge in [-0.05, 0) is 17.9 Å². The zero-order chi connectivity index (χ0) is 13.1. The molecule has 0 saturated carbocycles. The summed E-state index contributed by atoms with van der Waals surface area (Å²) in [4.78, 5) is 0. The van der Waals surface area contributed by atoms with Crippen LogP contribution >= 0.6 is 0 Å². The third-order valence-electron chi connectivity index (χ3n) is 2.63. The minimum absolute atomic E-state index is 0.728. The summed E-state index contributed by atoms with van der Waals surface area (Å²) in [6.07, 6.45) is 5.42. The van der Waals surface area contributed by atoms with Gasteiger partial charge < -0.3 is 10.1 Å². The molecular formula is C16H25NO. The molecule has 1 rings (SSSR count). The predicted molar refractivity (Wildman–Crippen MR) is 78.6 cm³/mol. The van der Waals surface area contributed by atoms with E-state index in [0.717, 1.165) is 38.6 Å². The molecule has 0 saturated heterocycles. The average Bonchev–Trinajstić information content (AvgIpc) is 2.37. The highest BCUT2D eigenvalue weighted by Crippen LogP contribution is 2.00. The van der Waals surface area contributed by atoms with Crippen LogP contribution in [-0.4, -0.2) is 26.3 Å². The molecule has 0 aliphatic heterocycles. The van der Waals surface area contributed by atoms with Gasteiger partial charge in [-0.2, -0.15) is 0 Å². The molecule has 1 aromatic rings. The van der Waals surface area contributed by atoms with Crippen molar-refractivity contribution in [3.05, 3.63) is 42.0 Å². The molecule has 1 N–H and O–H groups in total. The van der Waals surface area contributed by atoms with E-state index in [2.05, 4.69) is 55.6 Å². The van der Waals surface area contributed by atoms with Gasteiger partial charge in [0.1, 0.15) is 0 Å². The van der Waals surface area contributed by atoms with Gasteiger partial charge in [0.05, 0.1) is 6.61 Å². The number of hydrogen-bond donors (Lipinski definition) is 1. The number of benzene rings is 1. The standard InChI is InChI=1S/C16H25NO/c1-15(2)10-13-18-14-12-17-11-6-9-16-7-4-3-5-8-16/h3-9,15,17H,10-14H2,1-2H3. The first-order chi connectivity index (χ1) is 8.79. The van der Waals surface area contributed by atoms with Crippen LogP contribution < -0.4 is 5.32 Å². The first kappa shape index (κ1) is 14.9. The van der Waals surface area contributed by atoms with Crippen molar-refractivity contribution in [1.29, 1.82) is 0 Å². The molecule has 0 aliphatic carbocycles. The molecule has 0 unspecified atom stereocenters. The summed E-state index contributed by atoms with van der Waals surface area (Å²) < 4.78 is 5.52. The van der Waals surface area contributed by atoms with Crippen LogP contribution in [0, 0.1) is 5.92 Å². The van der Waals surface area contributed by atoms with Gasteiger partial charge in [-0.25, -0.2) is 0 Å². The maximum Gasteiger partial charge on any atom is 0.0591 e. The Bertz CT molecular complexity index is 319. The lowest BCUT2D eigenvalue weighted by Gasteiger charge is -2.06. The fourth-order valence-corrected chi connectivity index (χ4v) is 1.51. The monoisotopic (exact) mass is 247 g/mol. The van der Waals surface area contributed by atoms with Crippen molar-refractivity contribution in [2.45, 2.75) is 20.3 Å². The Morgan fingerprint density at radius 2 is 1.94 bits per heavy atom. The van der Waals surface area contributed by atoms with Crippen LogP contribution in [0.4, 0.5) is 0 Å². The summed E-state index contributed by atoms with van der Waals surface area (Å²) in [6.45, 7) is 7.91. The van der Waals surface area contributed by atoms with Gasteiger partial charge in [0.25, 0.3) is 0 Å². The second-order valence-electron chi connectivity index (χ2n) is 4.81. The van der Waals surface area contributed by atoms with Gasteiger partial charge in [-0.15, -0.1) is 0 Å². The van der Waals surface area contributed by atoms with Crippen molar-refractivity contribution in [3.8, 4) is 0 Å². The van der Waals surface area contributed by atoms with E-state index in [0.29, 0.717) is 0 Å². The van der Waals surface area contributed by atoms with Gasteiger partial charge in [0.15, 0.2) is 0 Å². The van der Waals surface area contributed by atoms with Crippen LogP contribution in [0.1, 0.15) is 25.8 Å². The van der Waals surface area contributed by atoms with Gasteiger partial charge >= 0.3 is 0 Å². The fourth-order valence-electron chi connectivity index (χ4n) is 1.51. The number of ether oxygens (including phenoxy) is 1. The van der Waals surface area contributed by atoms with Crippen molar-refractivity contribution in [2.24, 2.45) is 5.92 Å². The lowest BCUT2D eigenvalue weighted by molar-refractivity contribution is 0.126. The molecular weight excluding hydrogens is 222 g/mol. The highest BCUT2D eigenvalue weighted by molar-refractivity contribution is 5.48. The number of hydrogen-bond acceptors (Lipinski definition) is 2. The Morgan fingerprint density at radius 3 is 2.67 bits per heavy atom. The minimum Gasteiger partial charge on any atom is -0.380 e. The first-order valence-corrected chi connectivity index (χ1v) is 6.79. The molecule has 0 aliphatic rings. The lowest BCUT2D eigenvalue weighted by atomic mass is 10.1. The molecule has 0 atom stereocenters. The summed E-state index contributed by atoms with van der Waals surface area (Å²) in [5.74, 6) is 0.728. The van der Waals surface area contributed by atoms with Crippen molar-refractivity contribution < 1.29 is 4.74 Å².